The van der Waals surface area contributed by atoms with Crippen molar-refractivity contribution in [3.8, 4) is 0 Å². The third-order valence-corrected chi connectivity index (χ3v) is 1.82. The molecule has 0 spiro atoms. The normalized spacial score (nSPS) is 10.1. The van der Waals surface area contributed by atoms with Crippen molar-refractivity contribution in [1.82, 2.24) is 19.7 Å². The molecule has 2 rings (SSSR count). The van der Waals surface area contributed by atoms with Crippen LogP contribution in [0.15, 0.2) is 24.8 Å². The van der Waals surface area contributed by atoms with Crippen molar-refractivity contribution in [3.63, 3.8) is 0 Å². The number of aryl methyl sites for hydroxylation is 1. The van der Waals surface area contributed by atoms with Crippen LogP contribution >= 0.6 is 11.6 Å². The highest BCUT2D eigenvalue weighted by Crippen LogP contribution is 2.14. The molecule has 2 aromatic heterocycles. The number of nitrogens with one attached hydrogen (secondary N) is 1. The Kier molecular flexibility index (Phi) is 2.32. The van der Waals surface area contributed by atoms with Gasteiger partial charge in [-0.25, -0.2) is 9.97 Å². The van der Waals surface area contributed by atoms with E-state index in [0.29, 0.717) is 11.0 Å². The fraction of sp³-hybridized carbons (Fsp3) is 0.125. The quantitative estimate of drug-likeness (QED) is 0.764. The molecule has 0 unspecified atom stereocenters. The Bertz CT molecular complexity index is 439. The largest absolute Gasteiger partial charge is 0.338 e. The summed E-state index contributed by atoms with van der Waals surface area (Å²) in [5, 5.41) is 7.47. The second kappa shape index (κ2) is 3.63. The standard InChI is InChI=1S/C8H8ClN5/c1-14-4-6(3-12-14)13-8-2-7(9)10-5-11-8/h2-5H,1H3,(H,10,11,13). The van der Waals surface area contributed by atoms with Crippen LogP contribution in [-0.4, -0.2) is 19.7 Å². The molecule has 0 aliphatic heterocycles. The minimum absolute atomic E-state index is 0.409. The lowest BCUT2D eigenvalue weighted by atomic mass is 10.5. The third kappa shape index (κ3) is 2.00. The number of rotatable bonds is 2. The topological polar surface area (TPSA) is 55.6 Å². The van der Waals surface area contributed by atoms with E-state index in [-0.39, 0.29) is 0 Å². The van der Waals surface area contributed by atoms with Crippen LogP contribution in [0.5, 0.6) is 0 Å². The summed E-state index contributed by atoms with van der Waals surface area (Å²) in [5.74, 6) is 0.651. The Balaban J connectivity index is 2.18. The molecule has 0 amide bonds. The van der Waals surface area contributed by atoms with Gasteiger partial charge in [0.1, 0.15) is 17.3 Å². The molecule has 1 N–H and O–H groups in total. The van der Waals surface area contributed by atoms with Crippen molar-refractivity contribution < 1.29 is 0 Å². The molecule has 0 aliphatic rings. The van der Waals surface area contributed by atoms with Crippen molar-refractivity contribution in [2.24, 2.45) is 7.05 Å². The number of hydrogen-bond acceptors (Lipinski definition) is 4. The van der Waals surface area contributed by atoms with E-state index in [4.69, 9.17) is 11.6 Å². The summed E-state index contributed by atoms with van der Waals surface area (Å²) in [4.78, 5) is 7.78. The Hall–Kier alpha value is -1.62. The van der Waals surface area contributed by atoms with Gasteiger partial charge in [-0.3, -0.25) is 4.68 Å². The first kappa shape index (κ1) is 8.96. The van der Waals surface area contributed by atoms with Crippen molar-refractivity contribution in [3.05, 3.63) is 29.9 Å². The Morgan fingerprint density at radius 2 is 2.29 bits per heavy atom. The van der Waals surface area contributed by atoms with Gasteiger partial charge in [-0.2, -0.15) is 5.10 Å². The second-order valence-corrected chi connectivity index (χ2v) is 3.14. The van der Waals surface area contributed by atoms with Crippen molar-refractivity contribution in [1.29, 1.82) is 0 Å². The average Bonchev–Trinajstić information content (AvgIpc) is 2.51. The molecule has 0 aliphatic carbocycles. The maximum absolute atomic E-state index is 5.70. The monoisotopic (exact) mass is 209 g/mol. The maximum Gasteiger partial charge on any atom is 0.135 e. The highest BCUT2D eigenvalue weighted by molar-refractivity contribution is 6.29. The van der Waals surface area contributed by atoms with Crippen LogP contribution in [0.1, 0.15) is 0 Å². The van der Waals surface area contributed by atoms with Crippen LogP contribution in [0.2, 0.25) is 5.15 Å². The minimum atomic E-state index is 0.409. The predicted octanol–water partition coefficient (Wildman–Crippen LogP) is 1.61. The lowest BCUT2D eigenvalue weighted by Crippen LogP contribution is -1.92. The molecule has 0 aromatic carbocycles. The number of nitrogens with zero attached hydrogens (tertiary/aromatic N) is 4. The summed E-state index contributed by atoms with van der Waals surface area (Å²) in [6.07, 6.45) is 4.95. The van der Waals surface area contributed by atoms with Gasteiger partial charge in [-0.15, -0.1) is 0 Å². The van der Waals surface area contributed by atoms with Gasteiger partial charge in [-0.05, 0) is 0 Å². The van der Waals surface area contributed by atoms with E-state index >= 15 is 0 Å². The van der Waals surface area contributed by atoms with Crippen molar-refractivity contribution in [2.75, 3.05) is 5.32 Å². The fourth-order valence-electron chi connectivity index (χ4n) is 1.04. The van der Waals surface area contributed by atoms with Gasteiger partial charge in [-0.1, -0.05) is 11.6 Å². The first-order valence-corrected chi connectivity index (χ1v) is 4.35. The van der Waals surface area contributed by atoms with Crippen LogP contribution in [0.3, 0.4) is 0 Å². The summed E-state index contributed by atoms with van der Waals surface area (Å²) in [7, 11) is 1.85. The molecule has 0 saturated heterocycles. The molecule has 14 heavy (non-hydrogen) atoms. The van der Waals surface area contributed by atoms with Gasteiger partial charge in [0.2, 0.25) is 0 Å². The minimum Gasteiger partial charge on any atom is -0.338 e. The number of hydrogen-bond donors (Lipinski definition) is 1. The Labute approximate surface area is 85.8 Å². The van der Waals surface area contributed by atoms with Crippen LogP contribution in [0.4, 0.5) is 11.5 Å². The zero-order valence-corrected chi connectivity index (χ0v) is 8.23. The molecule has 5 nitrogen and oxygen atoms in total. The molecular formula is C8H8ClN5. The van der Waals surface area contributed by atoms with Crippen molar-refractivity contribution in [2.45, 2.75) is 0 Å². The maximum atomic E-state index is 5.70. The molecule has 6 heteroatoms. The Morgan fingerprint density at radius 1 is 1.43 bits per heavy atom. The summed E-state index contributed by atoms with van der Waals surface area (Å²) in [6.45, 7) is 0. The first-order valence-electron chi connectivity index (χ1n) is 3.97. The highest BCUT2D eigenvalue weighted by atomic mass is 35.5. The van der Waals surface area contributed by atoms with Crippen molar-refractivity contribution >= 4 is 23.1 Å². The second-order valence-electron chi connectivity index (χ2n) is 2.75. The van der Waals surface area contributed by atoms with Gasteiger partial charge >= 0.3 is 0 Å². The zero-order valence-electron chi connectivity index (χ0n) is 7.48. The SMILES string of the molecule is Cn1cc(Nc2cc(Cl)ncn2)cn1. The van der Waals surface area contributed by atoms with Gasteiger partial charge in [0.15, 0.2) is 0 Å². The van der Waals surface area contributed by atoms with E-state index in [1.165, 1.54) is 6.33 Å². The van der Waals surface area contributed by atoms with Gasteiger partial charge in [0.05, 0.1) is 11.9 Å². The molecule has 2 heterocycles. The zero-order chi connectivity index (χ0) is 9.97. The molecule has 72 valence electrons. The molecule has 0 bridgehead atoms. The van der Waals surface area contributed by atoms with E-state index in [1.807, 2.05) is 13.2 Å². The highest BCUT2D eigenvalue weighted by Gasteiger charge is 1.98. The molecule has 0 saturated carbocycles. The lowest BCUT2D eigenvalue weighted by molar-refractivity contribution is 0.768. The molecule has 0 radical (unpaired) electrons. The van der Waals surface area contributed by atoms with Gasteiger partial charge in [0, 0.05) is 19.3 Å². The smallest absolute Gasteiger partial charge is 0.135 e. The third-order valence-electron chi connectivity index (χ3n) is 1.61. The van der Waals surface area contributed by atoms with E-state index in [9.17, 15) is 0 Å². The number of anilines is 2. The van der Waals surface area contributed by atoms with E-state index < -0.39 is 0 Å². The summed E-state index contributed by atoms with van der Waals surface area (Å²) in [5.41, 5.74) is 0.863. The van der Waals surface area contributed by atoms with E-state index in [1.54, 1.807) is 16.9 Å². The fourth-order valence-corrected chi connectivity index (χ4v) is 1.18. The van der Waals surface area contributed by atoms with E-state index in [2.05, 4.69) is 20.4 Å². The van der Waals surface area contributed by atoms with Gasteiger partial charge < -0.3 is 5.32 Å². The first-order chi connectivity index (χ1) is 6.74. The molecule has 2 aromatic rings. The van der Waals surface area contributed by atoms with Crippen LogP contribution in [0.25, 0.3) is 0 Å². The van der Waals surface area contributed by atoms with Gasteiger partial charge in [0.25, 0.3) is 0 Å². The number of halogens is 1. The number of aromatic nitrogens is 4. The summed E-state index contributed by atoms with van der Waals surface area (Å²) in [6, 6.07) is 1.65. The van der Waals surface area contributed by atoms with Crippen LogP contribution < -0.4 is 5.32 Å². The summed E-state index contributed by atoms with van der Waals surface area (Å²) < 4.78 is 1.70. The van der Waals surface area contributed by atoms with Crippen LogP contribution in [-0.2, 0) is 7.05 Å². The molecule has 0 atom stereocenters. The van der Waals surface area contributed by atoms with Crippen LogP contribution in [0, 0.1) is 0 Å². The predicted molar refractivity (Wildman–Crippen MR) is 53.5 cm³/mol. The molecular weight excluding hydrogens is 202 g/mol. The average molecular weight is 210 g/mol. The lowest BCUT2D eigenvalue weighted by Gasteiger charge is -2.00. The Morgan fingerprint density at radius 3 is 2.93 bits per heavy atom. The molecule has 0 fully saturated rings. The van der Waals surface area contributed by atoms with E-state index in [0.717, 1.165) is 5.69 Å². The summed E-state index contributed by atoms with van der Waals surface area (Å²) >= 11 is 5.70.